The van der Waals surface area contributed by atoms with E-state index in [0.29, 0.717) is 5.92 Å². The summed E-state index contributed by atoms with van der Waals surface area (Å²) in [5, 5.41) is 0. The average molecular weight is 188 g/mol. The summed E-state index contributed by atoms with van der Waals surface area (Å²) < 4.78 is 15.9. The van der Waals surface area contributed by atoms with Crippen molar-refractivity contribution in [3.05, 3.63) is 0 Å². The first kappa shape index (κ1) is 11.0. The highest BCUT2D eigenvalue weighted by Crippen LogP contribution is 2.34. The zero-order valence-electron chi connectivity index (χ0n) is 8.84. The third-order valence-electron chi connectivity index (χ3n) is 3.01. The third kappa shape index (κ3) is 2.66. The molecule has 1 aliphatic carbocycles. The van der Waals surface area contributed by atoms with Crippen LogP contribution in [0.5, 0.6) is 0 Å². The normalized spacial score (nSPS) is 23.3. The fourth-order valence-electron chi connectivity index (χ4n) is 2.01. The van der Waals surface area contributed by atoms with Crippen LogP contribution in [0.2, 0.25) is 0 Å². The molecule has 0 aromatic rings. The molecule has 78 valence electrons. The third-order valence-corrected chi connectivity index (χ3v) is 3.01. The van der Waals surface area contributed by atoms with E-state index < -0.39 is 0 Å². The fraction of sp³-hybridized carbons (Fsp3) is 1.00. The van der Waals surface area contributed by atoms with E-state index >= 15 is 0 Å². The molecule has 0 aromatic carbocycles. The van der Waals surface area contributed by atoms with Crippen molar-refractivity contribution in [2.45, 2.75) is 31.5 Å². The van der Waals surface area contributed by atoms with Gasteiger partial charge >= 0.3 is 0 Å². The van der Waals surface area contributed by atoms with Crippen LogP contribution in [0.4, 0.5) is 0 Å². The molecule has 0 saturated heterocycles. The topological polar surface area (TPSA) is 27.7 Å². The SMILES string of the molecule is COCC1CCC(OC)(OC)CC1. The molecule has 1 saturated carbocycles. The lowest BCUT2D eigenvalue weighted by molar-refractivity contribution is -0.228. The van der Waals surface area contributed by atoms with Crippen LogP contribution in [0.3, 0.4) is 0 Å². The smallest absolute Gasteiger partial charge is 0.167 e. The Labute approximate surface area is 80.4 Å². The van der Waals surface area contributed by atoms with Gasteiger partial charge in [-0.15, -0.1) is 0 Å². The minimum Gasteiger partial charge on any atom is -0.384 e. The Morgan fingerprint density at radius 3 is 2.00 bits per heavy atom. The summed E-state index contributed by atoms with van der Waals surface area (Å²) >= 11 is 0. The molecule has 0 heterocycles. The predicted molar refractivity (Wildman–Crippen MR) is 50.6 cm³/mol. The minimum absolute atomic E-state index is 0.315. The van der Waals surface area contributed by atoms with Gasteiger partial charge in [0, 0.05) is 40.8 Å². The van der Waals surface area contributed by atoms with Gasteiger partial charge in [0.25, 0.3) is 0 Å². The van der Waals surface area contributed by atoms with E-state index in [1.165, 1.54) is 0 Å². The quantitative estimate of drug-likeness (QED) is 0.630. The highest BCUT2D eigenvalue weighted by Gasteiger charge is 2.35. The van der Waals surface area contributed by atoms with Gasteiger partial charge in [-0.05, 0) is 18.8 Å². The second-order valence-corrected chi connectivity index (χ2v) is 3.72. The Kier molecular flexibility index (Phi) is 4.16. The lowest BCUT2D eigenvalue weighted by Gasteiger charge is -2.37. The van der Waals surface area contributed by atoms with Gasteiger partial charge in [0.1, 0.15) is 0 Å². The highest BCUT2D eigenvalue weighted by atomic mass is 16.7. The summed E-state index contributed by atoms with van der Waals surface area (Å²) in [5.74, 6) is 0.368. The number of ether oxygens (including phenoxy) is 3. The summed E-state index contributed by atoms with van der Waals surface area (Å²) in [6.45, 7) is 0.865. The van der Waals surface area contributed by atoms with Crippen molar-refractivity contribution in [3.63, 3.8) is 0 Å². The molecule has 3 heteroatoms. The molecule has 0 atom stereocenters. The van der Waals surface area contributed by atoms with Gasteiger partial charge < -0.3 is 14.2 Å². The van der Waals surface area contributed by atoms with E-state index in [9.17, 15) is 0 Å². The summed E-state index contributed by atoms with van der Waals surface area (Å²) in [5.41, 5.74) is 0. The Morgan fingerprint density at radius 2 is 1.62 bits per heavy atom. The first-order chi connectivity index (χ1) is 6.26. The van der Waals surface area contributed by atoms with Gasteiger partial charge in [-0.3, -0.25) is 0 Å². The van der Waals surface area contributed by atoms with Crippen molar-refractivity contribution in [1.29, 1.82) is 0 Å². The number of hydrogen-bond acceptors (Lipinski definition) is 3. The van der Waals surface area contributed by atoms with E-state index in [4.69, 9.17) is 14.2 Å². The lowest BCUT2D eigenvalue weighted by Crippen LogP contribution is -2.38. The molecule has 1 fully saturated rings. The van der Waals surface area contributed by atoms with Gasteiger partial charge in [0.05, 0.1) is 0 Å². The summed E-state index contributed by atoms with van der Waals surface area (Å²) in [6.07, 6.45) is 4.23. The second-order valence-electron chi connectivity index (χ2n) is 3.72. The monoisotopic (exact) mass is 188 g/mol. The Bertz CT molecular complexity index is 133. The molecule has 0 radical (unpaired) electrons. The largest absolute Gasteiger partial charge is 0.384 e. The number of hydrogen-bond donors (Lipinski definition) is 0. The number of rotatable bonds is 4. The zero-order valence-corrected chi connectivity index (χ0v) is 8.84. The molecule has 0 bridgehead atoms. The van der Waals surface area contributed by atoms with Gasteiger partial charge in [-0.1, -0.05) is 0 Å². The van der Waals surface area contributed by atoms with E-state index in [1.54, 1.807) is 21.3 Å². The minimum atomic E-state index is -0.315. The van der Waals surface area contributed by atoms with Crippen molar-refractivity contribution in [2.24, 2.45) is 5.92 Å². The summed E-state index contributed by atoms with van der Waals surface area (Å²) in [7, 11) is 5.20. The van der Waals surface area contributed by atoms with Crippen molar-refractivity contribution in [1.82, 2.24) is 0 Å². The zero-order chi connectivity index (χ0) is 9.73. The Morgan fingerprint density at radius 1 is 1.08 bits per heavy atom. The van der Waals surface area contributed by atoms with Crippen LogP contribution in [0.15, 0.2) is 0 Å². The first-order valence-corrected chi connectivity index (χ1v) is 4.85. The molecule has 0 spiro atoms. The average Bonchev–Trinajstić information content (AvgIpc) is 2.20. The Balaban J connectivity index is 2.36. The molecule has 0 N–H and O–H groups in total. The maximum atomic E-state index is 5.39. The van der Waals surface area contributed by atoms with Gasteiger partial charge in [-0.25, -0.2) is 0 Å². The molecule has 1 aliphatic rings. The molecular weight excluding hydrogens is 168 g/mol. The standard InChI is InChI=1S/C10H20O3/c1-11-8-9-4-6-10(12-2,13-3)7-5-9/h9H,4-8H2,1-3H3. The molecule has 13 heavy (non-hydrogen) atoms. The number of methoxy groups -OCH3 is 3. The highest BCUT2D eigenvalue weighted by molar-refractivity contribution is 4.79. The fourth-order valence-corrected chi connectivity index (χ4v) is 2.01. The first-order valence-electron chi connectivity index (χ1n) is 4.85. The van der Waals surface area contributed by atoms with Gasteiger partial charge in [-0.2, -0.15) is 0 Å². The van der Waals surface area contributed by atoms with Gasteiger partial charge in [0.15, 0.2) is 5.79 Å². The van der Waals surface area contributed by atoms with E-state index in [-0.39, 0.29) is 5.79 Å². The molecule has 1 rings (SSSR count). The molecule has 0 aromatic heterocycles. The second kappa shape index (κ2) is 4.94. The van der Waals surface area contributed by atoms with Crippen LogP contribution in [-0.4, -0.2) is 33.7 Å². The van der Waals surface area contributed by atoms with Gasteiger partial charge in [0.2, 0.25) is 0 Å². The predicted octanol–water partition coefficient (Wildman–Crippen LogP) is 1.81. The van der Waals surface area contributed by atoms with Crippen LogP contribution in [0.1, 0.15) is 25.7 Å². The van der Waals surface area contributed by atoms with Crippen molar-refractivity contribution in [2.75, 3.05) is 27.9 Å². The molecule has 0 aliphatic heterocycles. The van der Waals surface area contributed by atoms with Crippen molar-refractivity contribution < 1.29 is 14.2 Å². The summed E-state index contributed by atoms with van der Waals surface area (Å²) in [6, 6.07) is 0. The van der Waals surface area contributed by atoms with E-state index in [2.05, 4.69) is 0 Å². The molecule has 3 nitrogen and oxygen atoms in total. The van der Waals surface area contributed by atoms with Crippen LogP contribution in [0.25, 0.3) is 0 Å². The van der Waals surface area contributed by atoms with Crippen LogP contribution >= 0.6 is 0 Å². The van der Waals surface area contributed by atoms with Crippen LogP contribution in [0, 0.1) is 5.92 Å². The van der Waals surface area contributed by atoms with E-state index in [1.807, 2.05) is 0 Å². The molecule has 0 amide bonds. The molecule has 0 unspecified atom stereocenters. The van der Waals surface area contributed by atoms with Crippen LogP contribution < -0.4 is 0 Å². The van der Waals surface area contributed by atoms with Crippen LogP contribution in [-0.2, 0) is 14.2 Å². The van der Waals surface area contributed by atoms with Crippen molar-refractivity contribution in [3.8, 4) is 0 Å². The molecular formula is C10H20O3. The Hall–Kier alpha value is -0.120. The van der Waals surface area contributed by atoms with E-state index in [0.717, 1.165) is 32.3 Å². The maximum Gasteiger partial charge on any atom is 0.167 e. The lowest BCUT2D eigenvalue weighted by atomic mass is 9.85. The maximum absolute atomic E-state index is 5.39. The summed E-state index contributed by atoms with van der Waals surface area (Å²) in [4.78, 5) is 0. The van der Waals surface area contributed by atoms with Crippen molar-refractivity contribution >= 4 is 0 Å².